The minimum absolute atomic E-state index is 0.316. The molecule has 0 atom stereocenters. The van der Waals surface area contributed by atoms with Gasteiger partial charge in [0.15, 0.2) is 0 Å². The van der Waals surface area contributed by atoms with Gasteiger partial charge >= 0.3 is 0 Å². The monoisotopic (exact) mass is 367 g/mol. The van der Waals surface area contributed by atoms with Crippen molar-refractivity contribution in [3.05, 3.63) is 51.2 Å². The second-order valence-electron chi connectivity index (χ2n) is 3.94. The number of hydrogen-bond acceptors (Lipinski definition) is 4. The summed E-state index contributed by atoms with van der Waals surface area (Å²) in [6, 6.07) is 7.01. The van der Waals surface area contributed by atoms with Crippen LogP contribution in [0.2, 0.25) is 5.02 Å². The standard InChI is InChI=1S/C13H7BrClN3OS/c14-7-1-3-9(16-5-7)13(19)18-11-8(15)2-4-10-12(11)17-6-20-10/h1-6H,(H,18,19). The average molecular weight is 369 g/mol. The third-order valence-corrected chi connectivity index (χ3v) is 4.23. The lowest BCUT2D eigenvalue weighted by molar-refractivity contribution is 0.102. The first-order valence-corrected chi connectivity index (χ1v) is 7.65. The van der Waals surface area contributed by atoms with Gasteiger partial charge in [-0.3, -0.25) is 4.79 Å². The molecule has 2 heterocycles. The normalized spacial score (nSPS) is 10.7. The number of fused-ring (bicyclic) bond motifs is 1. The molecule has 1 N–H and O–H groups in total. The van der Waals surface area contributed by atoms with Crippen molar-refractivity contribution in [1.29, 1.82) is 0 Å². The van der Waals surface area contributed by atoms with Gasteiger partial charge in [0.2, 0.25) is 0 Å². The number of nitrogens with one attached hydrogen (secondary N) is 1. The van der Waals surface area contributed by atoms with Crippen LogP contribution in [0.5, 0.6) is 0 Å². The summed E-state index contributed by atoms with van der Waals surface area (Å²) in [4.78, 5) is 20.5. The Hall–Kier alpha value is -1.50. The number of amides is 1. The number of rotatable bonds is 2. The van der Waals surface area contributed by atoms with Crippen molar-refractivity contribution in [3.63, 3.8) is 0 Å². The first-order valence-electron chi connectivity index (χ1n) is 5.60. The molecule has 2 aromatic heterocycles. The molecule has 0 aliphatic rings. The zero-order valence-electron chi connectivity index (χ0n) is 9.93. The van der Waals surface area contributed by atoms with Crippen LogP contribution in [0, 0.1) is 0 Å². The molecule has 0 fully saturated rings. The number of aromatic nitrogens is 2. The van der Waals surface area contributed by atoms with E-state index in [1.165, 1.54) is 11.3 Å². The van der Waals surface area contributed by atoms with Crippen molar-refractivity contribution in [3.8, 4) is 0 Å². The maximum Gasteiger partial charge on any atom is 0.274 e. The molecule has 7 heteroatoms. The third-order valence-electron chi connectivity index (χ3n) is 2.65. The molecule has 3 rings (SSSR count). The van der Waals surface area contributed by atoms with Crippen LogP contribution < -0.4 is 5.32 Å². The summed E-state index contributed by atoms with van der Waals surface area (Å²) in [6.45, 7) is 0. The summed E-state index contributed by atoms with van der Waals surface area (Å²) in [7, 11) is 0. The maximum atomic E-state index is 12.2. The van der Waals surface area contributed by atoms with E-state index in [0.29, 0.717) is 21.9 Å². The van der Waals surface area contributed by atoms with Crippen molar-refractivity contribution in [2.45, 2.75) is 0 Å². The number of anilines is 1. The first-order chi connectivity index (χ1) is 9.65. The van der Waals surface area contributed by atoms with E-state index in [1.807, 2.05) is 6.07 Å². The number of carbonyl (C=O) groups excluding carboxylic acids is 1. The molecule has 0 spiro atoms. The van der Waals surface area contributed by atoms with Gasteiger partial charge in [0.1, 0.15) is 11.2 Å². The summed E-state index contributed by atoms with van der Waals surface area (Å²) >= 11 is 10.9. The van der Waals surface area contributed by atoms with Crippen LogP contribution in [-0.4, -0.2) is 15.9 Å². The minimum Gasteiger partial charge on any atom is -0.317 e. The van der Waals surface area contributed by atoms with E-state index < -0.39 is 0 Å². The van der Waals surface area contributed by atoms with Crippen LogP contribution in [-0.2, 0) is 0 Å². The van der Waals surface area contributed by atoms with Gasteiger partial charge in [0, 0.05) is 10.7 Å². The Morgan fingerprint density at radius 1 is 1.25 bits per heavy atom. The number of carbonyl (C=O) groups is 1. The van der Waals surface area contributed by atoms with Gasteiger partial charge in [0.25, 0.3) is 5.91 Å². The quantitative estimate of drug-likeness (QED) is 0.731. The van der Waals surface area contributed by atoms with Gasteiger partial charge < -0.3 is 5.32 Å². The fraction of sp³-hybridized carbons (Fsp3) is 0. The van der Waals surface area contributed by atoms with Crippen molar-refractivity contribution in [2.75, 3.05) is 5.32 Å². The first kappa shape index (κ1) is 13.5. The highest BCUT2D eigenvalue weighted by atomic mass is 79.9. The SMILES string of the molecule is O=C(Nc1c(Cl)ccc2scnc12)c1ccc(Br)cn1. The van der Waals surface area contributed by atoms with Gasteiger partial charge in [-0.25, -0.2) is 9.97 Å². The van der Waals surface area contributed by atoms with Gasteiger partial charge in [-0.2, -0.15) is 0 Å². The molecule has 0 saturated carbocycles. The molecule has 1 amide bonds. The zero-order chi connectivity index (χ0) is 14.1. The summed E-state index contributed by atoms with van der Waals surface area (Å²) in [5, 5.41) is 3.22. The van der Waals surface area contributed by atoms with Crippen molar-refractivity contribution in [1.82, 2.24) is 9.97 Å². The molecule has 3 aromatic rings. The highest BCUT2D eigenvalue weighted by molar-refractivity contribution is 9.10. The Labute approximate surface area is 131 Å². The number of halogens is 2. The van der Waals surface area contributed by atoms with Gasteiger partial charge in [-0.1, -0.05) is 11.6 Å². The molecule has 0 unspecified atom stereocenters. The van der Waals surface area contributed by atoms with E-state index in [4.69, 9.17) is 11.6 Å². The highest BCUT2D eigenvalue weighted by Crippen LogP contribution is 2.32. The van der Waals surface area contributed by atoms with Crippen LogP contribution in [0.1, 0.15) is 10.5 Å². The number of thiazole rings is 1. The van der Waals surface area contributed by atoms with E-state index in [0.717, 1.165) is 9.17 Å². The van der Waals surface area contributed by atoms with Crippen LogP contribution in [0.3, 0.4) is 0 Å². The summed E-state index contributed by atoms with van der Waals surface area (Å²) < 4.78 is 1.78. The zero-order valence-corrected chi connectivity index (χ0v) is 13.1. The predicted octanol–water partition coefficient (Wildman–Crippen LogP) is 4.36. The van der Waals surface area contributed by atoms with Crippen molar-refractivity contribution in [2.24, 2.45) is 0 Å². The highest BCUT2D eigenvalue weighted by Gasteiger charge is 2.14. The van der Waals surface area contributed by atoms with Gasteiger partial charge in [-0.15, -0.1) is 11.3 Å². The Balaban J connectivity index is 1.96. The third kappa shape index (κ3) is 2.54. The molecular formula is C13H7BrClN3OS. The van der Waals surface area contributed by atoms with Gasteiger partial charge in [-0.05, 0) is 40.2 Å². The topological polar surface area (TPSA) is 54.9 Å². The Bertz CT molecular complexity index is 788. The maximum absolute atomic E-state index is 12.2. The molecule has 0 bridgehead atoms. The molecule has 20 heavy (non-hydrogen) atoms. The lowest BCUT2D eigenvalue weighted by atomic mass is 10.2. The molecule has 4 nitrogen and oxygen atoms in total. The van der Waals surface area contributed by atoms with Crippen LogP contribution >= 0.6 is 38.9 Å². The van der Waals surface area contributed by atoms with E-state index in [9.17, 15) is 4.79 Å². The molecule has 0 aliphatic carbocycles. The largest absolute Gasteiger partial charge is 0.317 e. The molecule has 100 valence electrons. The number of pyridine rings is 1. The Morgan fingerprint density at radius 2 is 2.10 bits per heavy atom. The molecule has 0 saturated heterocycles. The van der Waals surface area contributed by atoms with Crippen LogP contribution in [0.25, 0.3) is 10.2 Å². The van der Waals surface area contributed by atoms with E-state index >= 15 is 0 Å². The lowest BCUT2D eigenvalue weighted by Gasteiger charge is -2.07. The number of nitrogens with zero attached hydrogens (tertiary/aromatic N) is 2. The molecule has 0 radical (unpaired) electrons. The van der Waals surface area contributed by atoms with Crippen LogP contribution in [0.4, 0.5) is 5.69 Å². The smallest absolute Gasteiger partial charge is 0.274 e. The molecular weight excluding hydrogens is 362 g/mol. The Kier molecular flexibility index (Phi) is 3.69. The minimum atomic E-state index is -0.320. The van der Waals surface area contributed by atoms with E-state index in [2.05, 4.69) is 31.2 Å². The second kappa shape index (κ2) is 5.47. The van der Waals surface area contributed by atoms with Gasteiger partial charge in [0.05, 0.1) is 20.9 Å². The van der Waals surface area contributed by atoms with Crippen molar-refractivity contribution < 1.29 is 4.79 Å². The van der Waals surface area contributed by atoms with Crippen molar-refractivity contribution >= 4 is 60.7 Å². The fourth-order valence-corrected chi connectivity index (χ4v) is 2.83. The predicted molar refractivity (Wildman–Crippen MR) is 84.5 cm³/mol. The second-order valence-corrected chi connectivity index (χ2v) is 6.15. The van der Waals surface area contributed by atoms with E-state index in [1.54, 1.807) is 29.9 Å². The summed E-state index contributed by atoms with van der Waals surface area (Å²) in [6.07, 6.45) is 1.57. The molecule has 1 aromatic carbocycles. The van der Waals surface area contributed by atoms with E-state index in [-0.39, 0.29) is 5.91 Å². The van der Waals surface area contributed by atoms with Crippen LogP contribution in [0.15, 0.2) is 40.4 Å². The number of benzene rings is 1. The Morgan fingerprint density at radius 3 is 2.85 bits per heavy atom. The fourth-order valence-electron chi connectivity index (χ4n) is 1.71. The number of hydrogen-bond donors (Lipinski definition) is 1. The summed E-state index contributed by atoms with van der Waals surface area (Å²) in [5.74, 6) is -0.320. The lowest BCUT2D eigenvalue weighted by Crippen LogP contribution is -2.14. The molecule has 0 aliphatic heterocycles. The summed E-state index contributed by atoms with van der Waals surface area (Å²) in [5.41, 5.74) is 3.23. The average Bonchev–Trinajstić information content (AvgIpc) is 2.91.